The predicted octanol–water partition coefficient (Wildman–Crippen LogP) is 4.68. The van der Waals surface area contributed by atoms with Crippen molar-refractivity contribution in [3.63, 3.8) is 0 Å². The lowest BCUT2D eigenvalue weighted by Gasteiger charge is -2.35. The number of carbonyl (C=O) groups excluding carboxylic acids is 1. The lowest BCUT2D eigenvalue weighted by Crippen LogP contribution is -2.42. The fourth-order valence-electron chi connectivity index (χ4n) is 1.26. The molecule has 1 aromatic carbocycles. The van der Waals surface area contributed by atoms with E-state index in [9.17, 15) is 9.18 Å². The van der Waals surface area contributed by atoms with Gasteiger partial charge in [-0.2, -0.15) is 0 Å². The second kappa shape index (κ2) is 5.73. The molecule has 0 amide bonds. The molecular formula is C14H20ClFO2Si. The van der Waals surface area contributed by atoms with Crippen LogP contribution in [-0.4, -0.2) is 20.7 Å². The van der Waals surface area contributed by atoms with Gasteiger partial charge in [0.2, 0.25) is 0 Å². The predicted molar refractivity (Wildman–Crippen MR) is 78.9 cm³/mol. The van der Waals surface area contributed by atoms with Crippen molar-refractivity contribution in [2.24, 2.45) is 0 Å². The van der Waals surface area contributed by atoms with Crippen molar-refractivity contribution in [1.29, 1.82) is 0 Å². The average molecular weight is 303 g/mol. The Bertz CT molecular complexity index is 461. The number of Topliss-reactive ketones (excluding diaryl/α,β-unsaturated/α-hetero) is 1. The maximum Gasteiger partial charge on any atom is 0.192 e. The van der Waals surface area contributed by atoms with Gasteiger partial charge in [-0.3, -0.25) is 4.79 Å². The molecule has 0 saturated heterocycles. The number of hydrogen-bond donors (Lipinski definition) is 0. The largest absolute Gasteiger partial charge is 0.409 e. The number of carbonyl (C=O) groups is 1. The maximum absolute atomic E-state index is 13.2. The van der Waals surface area contributed by atoms with Crippen LogP contribution in [0.2, 0.25) is 23.2 Å². The second-order valence-corrected chi connectivity index (χ2v) is 11.4. The van der Waals surface area contributed by atoms with E-state index in [1.807, 2.05) is 0 Å². The summed E-state index contributed by atoms with van der Waals surface area (Å²) in [6, 6.07) is 3.82. The van der Waals surface area contributed by atoms with Crippen LogP contribution >= 0.6 is 11.6 Å². The Hall–Kier alpha value is -0.713. The van der Waals surface area contributed by atoms with E-state index in [4.69, 9.17) is 16.0 Å². The smallest absolute Gasteiger partial charge is 0.192 e. The molecule has 0 aliphatic carbocycles. The first-order valence-corrected chi connectivity index (χ1v) is 9.45. The Morgan fingerprint density at radius 2 is 1.89 bits per heavy atom. The number of ketones is 1. The summed E-state index contributed by atoms with van der Waals surface area (Å²) < 4.78 is 19.0. The number of halogens is 2. The molecule has 0 aromatic heterocycles. The first-order valence-electron chi connectivity index (χ1n) is 6.16. The van der Waals surface area contributed by atoms with Gasteiger partial charge in [0.15, 0.2) is 14.1 Å². The quantitative estimate of drug-likeness (QED) is 0.596. The lowest BCUT2D eigenvalue weighted by molar-refractivity contribution is 0.0910. The highest BCUT2D eigenvalue weighted by Crippen LogP contribution is 2.36. The van der Waals surface area contributed by atoms with Gasteiger partial charge in [-0.1, -0.05) is 32.4 Å². The van der Waals surface area contributed by atoms with Crippen molar-refractivity contribution < 1.29 is 13.6 Å². The summed E-state index contributed by atoms with van der Waals surface area (Å²) in [7, 11) is -1.98. The summed E-state index contributed by atoms with van der Waals surface area (Å²) in [6.45, 7) is 10.4. The minimum absolute atomic E-state index is 0.0315. The highest BCUT2D eigenvalue weighted by atomic mass is 35.5. The van der Waals surface area contributed by atoms with Gasteiger partial charge in [-0.25, -0.2) is 4.39 Å². The normalized spacial score (nSPS) is 12.6. The first-order chi connectivity index (χ1) is 8.53. The third-order valence-electron chi connectivity index (χ3n) is 3.55. The SMILES string of the molecule is CC(C)(C)[Si](C)(C)OCC(=O)c1cc(F)cc(Cl)c1. The van der Waals surface area contributed by atoms with Gasteiger partial charge in [0, 0.05) is 10.6 Å². The Kier molecular flexibility index (Phi) is 4.93. The van der Waals surface area contributed by atoms with Gasteiger partial charge in [-0.15, -0.1) is 0 Å². The van der Waals surface area contributed by atoms with Gasteiger partial charge in [0.25, 0.3) is 0 Å². The summed E-state index contributed by atoms with van der Waals surface area (Å²) in [6.07, 6.45) is 0. The molecule has 5 heteroatoms. The zero-order chi connectivity index (χ0) is 14.8. The van der Waals surface area contributed by atoms with E-state index in [0.717, 1.165) is 0 Å². The van der Waals surface area contributed by atoms with Crippen LogP contribution in [0.4, 0.5) is 4.39 Å². The summed E-state index contributed by atoms with van der Waals surface area (Å²) in [4.78, 5) is 12.0. The maximum atomic E-state index is 13.2. The molecule has 0 radical (unpaired) electrons. The molecule has 0 spiro atoms. The van der Waals surface area contributed by atoms with Crippen molar-refractivity contribution in [1.82, 2.24) is 0 Å². The Balaban J connectivity index is 2.76. The topological polar surface area (TPSA) is 26.3 Å². The van der Waals surface area contributed by atoms with Gasteiger partial charge in [0.1, 0.15) is 5.82 Å². The number of rotatable bonds is 4. The molecule has 19 heavy (non-hydrogen) atoms. The van der Waals surface area contributed by atoms with Crippen LogP contribution in [0.3, 0.4) is 0 Å². The monoisotopic (exact) mass is 302 g/mol. The Labute approximate surface area is 120 Å². The number of benzene rings is 1. The average Bonchev–Trinajstić information content (AvgIpc) is 2.23. The van der Waals surface area contributed by atoms with Crippen molar-refractivity contribution in [3.8, 4) is 0 Å². The lowest BCUT2D eigenvalue weighted by atomic mass is 10.1. The third-order valence-corrected chi connectivity index (χ3v) is 8.25. The van der Waals surface area contributed by atoms with E-state index in [1.54, 1.807) is 0 Å². The minimum atomic E-state index is -1.98. The van der Waals surface area contributed by atoms with Crippen molar-refractivity contribution >= 4 is 25.7 Å². The fraction of sp³-hybridized carbons (Fsp3) is 0.500. The molecule has 0 aliphatic heterocycles. The van der Waals surface area contributed by atoms with E-state index in [2.05, 4.69) is 33.9 Å². The molecule has 1 rings (SSSR count). The standard InChI is InChI=1S/C14H20ClFO2Si/c1-14(2,3)19(4,5)18-9-13(17)10-6-11(15)8-12(16)7-10/h6-8H,9H2,1-5H3. The molecule has 2 nitrogen and oxygen atoms in total. The van der Waals surface area contributed by atoms with E-state index < -0.39 is 14.1 Å². The molecule has 0 heterocycles. The molecular weight excluding hydrogens is 283 g/mol. The first kappa shape index (κ1) is 16.3. The third kappa shape index (κ3) is 4.40. The summed E-state index contributed by atoms with van der Waals surface area (Å²) in [5.41, 5.74) is 0.253. The van der Waals surface area contributed by atoms with Crippen LogP contribution in [-0.2, 0) is 4.43 Å². The Morgan fingerprint density at radius 3 is 2.37 bits per heavy atom. The molecule has 0 bridgehead atoms. The van der Waals surface area contributed by atoms with Gasteiger partial charge < -0.3 is 4.43 Å². The Morgan fingerprint density at radius 1 is 1.32 bits per heavy atom. The van der Waals surface area contributed by atoms with Gasteiger partial charge >= 0.3 is 0 Å². The van der Waals surface area contributed by atoms with Crippen LogP contribution in [0.5, 0.6) is 0 Å². The van der Waals surface area contributed by atoms with Gasteiger partial charge in [-0.05, 0) is 36.3 Å². The van der Waals surface area contributed by atoms with Crippen molar-refractivity contribution in [2.45, 2.75) is 38.9 Å². The van der Waals surface area contributed by atoms with E-state index in [1.165, 1.54) is 18.2 Å². The van der Waals surface area contributed by atoms with Crippen LogP contribution in [0.25, 0.3) is 0 Å². The molecule has 1 aromatic rings. The molecule has 0 N–H and O–H groups in total. The van der Waals surface area contributed by atoms with Gasteiger partial charge in [0.05, 0.1) is 6.61 Å². The van der Waals surface area contributed by atoms with Crippen molar-refractivity contribution in [3.05, 3.63) is 34.6 Å². The summed E-state index contributed by atoms with van der Waals surface area (Å²) >= 11 is 5.73. The summed E-state index contributed by atoms with van der Waals surface area (Å²) in [5, 5.41) is 0.253. The summed E-state index contributed by atoms with van der Waals surface area (Å²) in [5.74, 6) is -0.755. The van der Waals surface area contributed by atoms with Crippen LogP contribution in [0.15, 0.2) is 18.2 Å². The highest BCUT2D eigenvalue weighted by Gasteiger charge is 2.37. The minimum Gasteiger partial charge on any atom is -0.409 e. The van der Waals surface area contributed by atoms with Crippen LogP contribution in [0.1, 0.15) is 31.1 Å². The molecule has 106 valence electrons. The van der Waals surface area contributed by atoms with Crippen LogP contribution in [0, 0.1) is 5.82 Å². The van der Waals surface area contributed by atoms with E-state index >= 15 is 0 Å². The highest BCUT2D eigenvalue weighted by molar-refractivity contribution is 6.74. The zero-order valence-electron chi connectivity index (χ0n) is 12.0. The number of hydrogen-bond acceptors (Lipinski definition) is 2. The second-order valence-electron chi connectivity index (χ2n) is 6.13. The van der Waals surface area contributed by atoms with E-state index in [-0.39, 0.29) is 28.0 Å². The molecule has 0 saturated carbocycles. The molecule has 0 aliphatic rings. The molecule has 0 fully saturated rings. The van der Waals surface area contributed by atoms with Crippen LogP contribution < -0.4 is 0 Å². The molecule has 0 atom stereocenters. The van der Waals surface area contributed by atoms with Crippen molar-refractivity contribution in [2.75, 3.05) is 6.61 Å². The zero-order valence-corrected chi connectivity index (χ0v) is 13.8. The fourth-order valence-corrected chi connectivity index (χ4v) is 2.41. The molecule has 0 unspecified atom stereocenters. The van der Waals surface area contributed by atoms with E-state index in [0.29, 0.717) is 0 Å².